The Morgan fingerprint density at radius 1 is 1.05 bits per heavy atom. The van der Waals surface area contributed by atoms with E-state index in [2.05, 4.69) is 36.9 Å². The van der Waals surface area contributed by atoms with Gasteiger partial charge >= 0.3 is 0 Å². The van der Waals surface area contributed by atoms with Gasteiger partial charge in [-0.3, -0.25) is 4.90 Å². The van der Waals surface area contributed by atoms with Gasteiger partial charge in [0.25, 0.3) is 0 Å². The largest absolute Gasteiger partial charge is 0.491 e. The molecule has 4 heterocycles. The van der Waals surface area contributed by atoms with Crippen molar-refractivity contribution in [1.29, 1.82) is 0 Å². The summed E-state index contributed by atoms with van der Waals surface area (Å²) in [6.45, 7) is 4.74. The number of nitrogens with one attached hydrogen (secondary N) is 1. The number of nitrogens with zero attached hydrogens (tertiary/aromatic N) is 4. The van der Waals surface area contributed by atoms with E-state index < -0.39 is 6.10 Å². The number of ether oxygens (including phenoxy) is 2. The van der Waals surface area contributed by atoms with Crippen LogP contribution in [0.2, 0.25) is 5.02 Å². The molecule has 0 aliphatic carbocycles. The first-order valence-corrected chi connectivity index (χ1v) is 13.1. The first kappa shape index (κ1) is 29.5. The Morgan fingerprint density at radius 2 is 1.79 bits per heavy atom. The molecule has 2 aliphatic rings. The highest BCUT2D eigenvalue weighted by molar-refractivity contribution is 7.59. The van der Waals surface area contributed by atoms with Crippen molar-refractivity contribution in [3.05, 3.63) is 82.8 Å². The van der Waals surface area contributed by atoms with Gasteiger partial charge in [-0.05, 0) is 53.9 Å². The highest BCUT2D eigenvalue weighted by Crippen LogP contribution is 2.40. The molecule has 0 saturated carbocycles. The van der Waals surface area contributed by atoms with E-state index in [1.165, 1.54) is 5.56 Å². The van der Waals surface area contributed by atoms with Crippen LogP contribution >= 0.6 is 38.6 Å². The fourth-order valence-corrected chi connectivity index (χ4v) is 5.51. The van der Waals surface area contributed by atoms with Crippen LogP contribution < -0.4 is 9.64 Å². The summed E-state index contributed by atoms with van der Waals surface area (Å²) in [5.74, 6) is 1.42. The third-order valence-corrected chi connectivity index (χ3v) is 7.34. The fraction of sp³-hybridized carbons (Fsp3) is 0.357. The minimum absolute atomic E-state index is 0. The van der Waals surface area contributed by atoms with Crippen LogP contribution in [0, 0.1) is 0 Å². The molecule has 0 bridgehead atoms. The number of fused-ring (bicyclic) bond motifs is 3. The minimum atomic E-state index is -0.553. The van der Waals surface area contributed by atoms with Crippen LogP contribution in [0.4, 0.5) is 5.95 Å². The average Bonchev–Trinajstić information content (AvgIpc) is 3.30. The number of rotatable bonds is 7. The van der Waals surface area contributed by atoms with E-state index in [1.807, 2.05) is 36.4 Å². The van der Waals surface area contributed by atoms with E-state index in [0.717, 1.165) is 59.0 Å². The molecule has 208 valence electrons. The predicted octanol–water partition coefficient (Wildman–Crippen LogP) is 4.06. The van der Waals surface area contributed by atoms with Crippen molar-refractivity contribution in [2.24, 2.45) is 0 Å². The zero-order valence-electron chi connectivity index (χ0n) is 21.5. The molecule has 2 aromatic carbocycles. The number of hydrogen-bond donors (Lipinski definition) is 2. The van der Waals surface area contributed by atoms with Crippen LogP contribution in [0.15, 0.2) is 60.9 Å². The summed E-state index contributed by atoms with van der Waals surface area (Å²) in [4.78, 5) is 17.2. The quantitative estimate of drug-likeness (QED) is 0.337. The summed E-state index contributed by atoms with van der Waals surface area (Å²) < 4.78 is 11.3. The predicted molar refractivity (Wildman–Crippen MR) is 164 cm³/mol. The van der Waals surface area contributed by atoms with Gasteiger partial charge in [0.15, 0.2) is 0 Å². The van der Waals surface area contributed by atoms with Crippen LogP contribution in [-0.4, -0.2) is 77.1 Å². The number of aliphatic hydroxyl groups is 1. The topological polar surface area (TPSA) is 86.7 Å². The van der Waals surface area contributed by atoms with Crippen LogP contribution in [0.1, 0.15) is 22.9 Å². The summed E-state index contributed by atoms with van der Waals surface area (Å²) in [6.07, 6.45) is 3.87. The van der Waals surface area contributed by atoms with Crippen molar-refractivity contribution < 1.29 is 14.6 Å². The molecule has 4 aromatic rings. The summed E-state index contributed by atoms with van der Waals surface area (Å²) in [5.41, 5.74) is 4.59. The molecular formula is C28H34ClN5O3S2. The molecule has 6 rings (SSSR count). The number of aromatic amines is 1. The Balaban J connectivity index is 0.00000176. The average molecular weight is 588 g/mol. The third-order valence-electron chi connectivity index (χ3n) is 7.11. The van der Waals surface area contributed by atoms with Crippen LogP contribution in [0.3, 0.4) is 0 Å². The van der Waals surface area contributed by atoms with E-state index in [0.29, 0.717) is 25.7 Å². The highest BCUT2D eigenvalue weighted by atomic mass is 35.5. The van der Waals surface area contributed by atoms with Gasteiger partial charge in [0.1, 0.15) is 18.5 Å². The number of β-amino-alcohol motifs (C(OH)–C–C–N with tert-alkyl or cyclic N) is 1. The Labute approximate surface area is 247 Å². The van der Waals surface area contributed by atoms with Crippen LogP contribution in [0.5, 0.6) is 5.75 Å². The molecule has 2 aromatic heterocycles. The van der Waals surface area contributed by atoms with E-state index in [1.54, 1.807) is 12.4 Å². The number of anilines is 1. The first-order valence-electron chi connectivity index (χ1n) is 12.7. The van der Waals surface area contributed by atoms with Gasteiger partial charge in [-0.25, -0.2) is 9.97 Å². The number of aromatic nitrogens is 3. The molecule has 11 heteroatoms. The summed E-state index contributed by atoms with van der Waals surface area (Å²) >= 11 is 6.34. The van der Waals surface area contributed by atoms with E-state index in [9.17, 15) is 5.11 Å². The van der Waals surface area contributed by atoms with Crippen LogP contribution in [-0.2, 0) is 11.2 Å². The van der Waals surface area contributed by atoms with E-state index >= 15 is 0 Å². The maximum absolute atomic E-state index is 10.4. The molecule has 1 saturated heterocycles. The van der Waals surface area contributed by atoms with E-state index in [4.69, 9.17) is 21.1 Å². The number of hydrogen-bond acceptors (Lipinski definition) is 7. The molecule has 39 heavy (non-hydrogen) atoms. The van der Waals surface area contributed by atoms with Gasteiger partial charge < -0.3 is 24.5 Å². The normalized spacial score (nSPS) is 18.1. The van der Waals surface area contributed by atoms with Gasteiger partial charge in [0, 0.05) is 60.2 Å². The van der Waals surface area contributed by atoms with Crippen molar-refractivity contribution in [2.45, 2.75) is 18.6 Å². The molecule has 2 N–H and O–H groups in total. The Hall–Kier alpha value is -2.47. The Kier molecular flexibility index (Phi) is 10.0. The van der Waals surface area contributed by atoms with Gasteiger partial charge in [0.05, 0.1) is 19.3 Å². The zero-order chi connectivity index (χ0) is 25.2. The smallest absolute Gasteiger partial charge is 0.226 e. The van der Waals surface area contributed by atoms with Crippen molar-refractivity contribution in [2.75, 3.05) is 50.9 Å². The van der Waals surface area contributed by atoms with Crippen LogP contribution in [0.25, 0.3) is 10.9 Å². The first-order chi connectivity index (χ1) is 18.2. The lowest BCUT2D eigenvalue weighted by Crippen LogP contribution is -2.42. The van der Waals surface area contributed by atoms with E-state index in [-0.39, 0.29) is 39.6 Å². The van der Waals surface area contributed by atoms with Gasteiger partial charge in [-0.15, -0.1) is 0 Å². The Bertz CT molecular complexity index is 1350. The minimum Gasteiger partial charge on any atom is -0.491 e. The second kappa shape index (κ2) is 13.3. The standard InChI is InChI=1S/C28H30ClN5O3.2H2S/c29-20-4-7-25-24(16-20)23-8-11-34(28-30-9-1-10-31-28)27(26(23)32-25)19-2-5-22(6-3-19)37-18-21(35)17-33-12-14-36-15-13-33;;/h1-7,9-10,16,21,27,32,35H,8,11-15,17-18H2;2*1H2/t21-,27-;;/m0../s1. The third kappa shape index (κ3) is 6.48. The zero-order valence-corrected chi connectivity index (χ0v) is 24.3. The summed E-state index contributed by atoms with van der Waals surface area (Å²) in [6, 6.07) is 15.8. The van der Waals surface area contributed by atoms with Gasteiger partial charge in [0.2, 0.25) is 5.95 Å². The molecule has 1 fully saturated rings. The lowest BCUT2D eigenvalue weighted by molar-refractivity contribution is 0.00465. The number of benzene rings is 2. The highest BCUT2D eigenvalue weighted by Gasteiger charge is 2.33. The molecule has 8 nitrogen and oxygen atoms in total. The molecule has 0 unspecified atom stereocenters. The second-order valence-electron chi connectivity index (χ2n) is 9.55. The Morgan fingerprint density at radius 3 is 2.54 bits per heavy atom. The number of H-pyrrole nitrogens is 1. The molecule has 0 radical (unpaired) electrons. The second-order valence-corrected chi connectivity index (χ2v) is 9.99. The van der Waals surface area contributed by atoms with Crippen molar-refractivity contribution in [3.8, 4) is 5.75 Å². The fourth-order valence-electron chi connectivity index (χ4n) is 5.34. The van der Waals surface area contributed by atoms with Crippen molar-refractivity contribution >= 4 is 55.4 Å². The van der Waals surface area contributed by atoms with Gasteiger partial charge in [-0.2, -0.15) is 27.0 Å². The van der Waals surface area contributed by atoms with Crippen molar-refractivity contribution in [3.63, 3.8) is 0 Å². The number of halogens is 1. The maximum Gasteiger partial charge on any atom is 0.226 e. The van der Waals surface area contributed by atoms with Gasteiger partial charge in [-0.1, -0.05) is 23.7 Å². The lowest BCUT2D eigenvalue weighted by Gasteiger charge is -2.36. The molecule has 2 aliphatic heterocycles. The molecular weight excluding hydrogens is 554 g/mol. The summed E-state index contributed by atoms with van der Waals surface area (Å²) in [7, 11) is 0. The molecule has 2 atom stereocenters. The number of morpholine rings is 1. The van der Waals surface area contributed by atoms with Crippen molar-refractivity contribution in [1.82, 2.24) is 19.9 Å². The summed E-state index contributed by atoms with van der Waals surface area (Å²) in [5, 5.41) is 12.3. The SMILES string of the molecule is O[C@H](COc1ccc([C@H]2c3[nH]c4ccc(Cl)cc4c3CCN2c2ncccn2)cc1)CN1CCOCC1.S.S. The lowest BCUT2D eigenvalue weighted by atomic mass is 9.92. The molecule has 0 amide bonds. The number of aliphatic hydroxyl groups excluding tert-OH is 1. The molecule has 0 spiro atoms. The maximum atomic E-state index is 10.4. The monoisotopic (exact) mass is 587 g/mol.